The lowest BCUT2D eigenvalue weighted by Gasteiger charge is -2.26. The minimum atomic E-state index is -4.26. The first kappa shape index (κ1) is 18.3. The second-order valence-corrected chi connectivity index (χ2v) is 6.39. The lowest BCUT2D eigenvalue weighted by molar-refractivity contribution is -0.137. The predicted molar refractivity (Wildman–Crippen MR) is 89.1 cm³/mol. The van der Waals surface area contributed by atoms with Gasteiger partial charge in [-0.1, -0.05) is 30.4 Å². The molecule has 0 unspecified atom stereocenters. The molecule has 0 N–H and O–H groups in total. The molecule has 0 saturated heterocycles. The van der Waals surface area contributed by atoms with Crippen molar-refractivity contribution in [1.82, 2.24) is 0 Å². The quantitative estimate of drug-likeness (QED) is 0.473. The van der Waals surface area contributed by atoms with Gasteiger partial charge in [0.25, 0.3) is 0 Å². The second kappa shape index (κ2) is 8.73. The Labute approximate surface area is 141 Å². The standard InChI is InChI=1S/C20H22F3N/c21-20(22,23)19-13-11-18(12-14-19)10-9-17-7-5-16(6-8-17)4-2-1-3-15-24/h1-4,11-14,16-17H,5-10H2. The Morgan fingerprint density at radius 2 is 1.71 bits per heavy atom. The van der Waals surface area contributed by atoms with Crippen molar-refractivity contribution in [2.45, 2.75) is 44.7 Å². The number of nitriles is 1. The van der Waals surface area contributed by atoms with Crippen LogP contribution in [0.3, 0.4) is 0 Å². The predicted octanol–water partition coefficient (Wildman–Crippen LogP) is 6.08. The third kappa shape index (κ3) is 5.88. The van der Waals surface area contributed by atoms with Gasteiger partial charge in [0.1, 0.15) is 0 Å². The number of hydrogen-bond acceptors (Lipinski definition) is 1. The molecule has 1 aromatic carbocycles. The Kier molecular flexibility index (Phi) is 6.66. The van der Waals surface area contributed by atoms with Gasteiger partial charge in [-0.3, -0.25) is 0 Å². The Bertz CT molecular complexity index is 597. The highest BCUT2D eigenvalue weighted by Gasteiger charge is 2.29. The van der Waals surface area contributed by atoms with E-state index in [0.29, 0.717) is 11.8 Å². The molecule has 1 aromatic rings. The third-order valence-electron chi connectivity index (χ3n) is 4.68. The highest BCUT2D eigenvalue weighted by atomic mass is 19.4. The van der Waals surface area contributed by atoms with Crippen LogP contribution in [0.15, 0.2) is 48.6 Å². The van der Waals surface area contributed by atoms with Gasteiger partial charge in [0.15, 0.2) is 0 Å². The highest BCUT2D eigenvalue weighted by molar-refractivity contribution is 5.24. The fourth-order valence-corrected chi connectivity index (χ4v) is 3.22. The van der Waals surface area contributed by atoms with Crippen LogP contribution in [0.1, 0.15) is 43.2 Å². The molecular formula is C20H22F3N. The van der Waals surface area contributed by atoms with E-state index in [1.54, 1.807) is 18.2 Å². The lowest BCUT2D eigenvalue weighted by Crippen LogP contribution is -2.13. The average molecular weight is 333 g/mol. The van der Waals surface area contributed by atoms with E-state index in [4.69, 9.17) is 5.26 Å². The maximum atomic E-state index is 12.5. The number of hydrogen-bond donors (Lipinski definition) is 0. The Hall–Kier alpha value is -2.02. The topological polar surface area (TPSA) is 23.8 Å². The van der Waals surface area contributed by atoms with Crippen LogP contribution in [-0.2, 0) is 12.6 Å². The van der Waals surface area contributed by atoms with Gasteiger partial charge in [-0.15, -0.1) is 0 Å². The first-order valence-corrected chi connectivity index (χ1v) is 8.38. The summed E-state index contributed by atoms with van der Waals surface area (Å²) in [5.41, 5.74) is 0.399. The SMILES string of the molecule is N#CC=CC=CC1CCC(CCc2ccc(C(F)(F)F)cc2)CC1. The summed E-state index contributed by atoms with van der Waals surface area (Å²) in [6, 6.07) is 7.50. The molecule has 1 saturated carbocycles. The Morgan fingerprint density at radius 3 is 2.29 bits per heavy atom. The van der Waals surface area contributed by atoms with Gasteiger partial charge in [0.05, 0.1) is 11.6 Å². The molecule has 0 aliphatic heterocycles. The van der Waals surface area contributed by atoms with E-state index in [-0.39, 0.29) is 0 Å². The molecular weight excluding hydrogens is 311 g/mol. The number of allylic oxidation sites excluding steroid dienone is 4. The van der Waals surface area contributed by atoms with Gasteiger partial charge in [0.2, 0.25) is 0 Å². The molecule has 1 aliphatic carbocycles. The molecule has 0 amide bonds. The van der Waals surface area contributed by atoms with Gasteiger partial charge < -0.3 is 0 Å². The lowest BCUT2D eigenvalue weighted by atomic mass is 9.79. The molecule has 128 valence electrons. The van der Waals surface area contributed by atoms with Crippen LogP contribution < -0.4 is 0 Å². The van der Waals surface area contributed by atoms with E-state index >= 15 is 0 Å². The number of alkyl halides is 3. The van der Waals surface area contributed by atoms with Gasteiger partial charge >= 0.3 is 6.18 Å². The van der Waals surface area contributed by atoms with Crippen LogP contribution >= 0.6 is 0 Å². The van der Waals surface area contributed by atoms with Crippen molar-refractivity contribution >= 4 is 0 Å². The fourth-order valence-electron chi connectivity index (χ4n) is 3.22. The molecule has 0 aromatic heterocycles. The Morgan fingerprint density at radius 1 is 1.04 bits per heavy atom. The van der Waals surface area contributed by atoms with Crippen LogP contribution in [0.5, 0.6) is 0 Å². The molecule has 0 bridgehead atoms. The summed E-state index contributed by atoms with van der Waals surface area (Å²) in [5, 5.41) is 8.42. The zero-order valence-corrected chi connectivity index (χ0v) is 13.6. The van der Waals surface area contributed by atoms with Crippen LogP contribution in [0.4, 0.5) is 13.2 Å². The summed E-state index contributed by atoms with van der Waals surface area (Å²) in [5.74, 6) is 1.24. The molecule has 1 fully saturated rings. The number of nitrogens with zero attached hydrogens (tertiary/aromatic N) is 1. The first-order valence-electron chi connectivity index (χ1n) is 8.38. The summed E-state index contributed by atoms with van der Waals surface area (Å²) in [4.78, 5) is 0. The minimum absolute atomic E-state index is 0.579. The molecule has 0 heterocycles. The zero-order valence-electron chi connectivity index (χ0n) is 13.6. The van der Waals surface area contributed by atoms with E-state index < -0.39 is 11.7 Å². The molecule has 0 atom stereocenters. The zero-order chi connectivity index (χ0) is 17.4. The molecule has 0 spiro atoms. The summed E-state index contributed by atoms with van der Waals surface area (Å²) in [6.07, 6.45) is 9.58. The number of halogens is 3. The second-order valence-electron chi connectivity index (χ2n) is 6.39. The highest BCUT2D eigenvalue weighted by Crippen LogP contribution is 2.33. The summed E-state index contributed by atoms with van der Waals surface area (Å²) in [7, 11) is 0. The monoisotopic (exact) mass is 333 g/mol. The van der Waals surface area contributed by atoms with E-state index in [1.807, 2.05) is 12.1 Å². The first-order chi connectivity index (χ1) is 11.5. The van der Waals surface area contributed by atoms with Gasteiger partial charge in [-0.2, -0.15) is 18.4 Å². The minimum Gasteiger partial charge on any atom is -0.193 e. The van der Waals surface area contributed by atoms with Crippen LogP contribution in [0.25, 0.3) is 0 Å². The van der Waals surface area contributed by atoms with E-state index in [1.165, 1.54) is 18.2 Å². The molecule has 1 nitrogen and oxygen atoms in total. The van der Waals surface area contributed by atoms with Gasteiger partial charge in [-0.05, 0) is 68.1 Å². The van der Waals surface area contributed by atoms with Gasteiger partial charge in [0, 0.05) is 6.08 Å². The maximum Gasteiger partial charge on any atom is 0.416 e. The van der Waals surface area contributed by atoms with Gasteiger partial charge in [-0.25, -0.2) is 0 Å². The van der Waals surface area contributed by atoms with Crippen LogP contribution in [0.2, 0.25) is 0 Å². The van der Waals surface area contributed by atoms with E-state index in [2.05, 4.69) is 6.08 Å². The molecule has 0 radical (unpaired) electrons. The van der Waals surface area contributed by atoms with Crippen LogP contribution in [-0.4, -0.2) is 0 Å². The van der Waals surface area contributed by atoms with Crippen molar-refractivity contribution in [3.05, 3.63) is 59.7 Å². The Balaban J connectivity index is 1.74. The third-order valence-corrected chi connectivity index (χ3v) is 4.68. The average Bonchev–Trinajstić information content (AvgIpc) is 2.57. The number of aryl methyl sites for hydroxylation is 1. The van der Waals surface area contributed by atoms with Crippen LogP contribution in [0, 0.1) is 23.2 Å². The largest absolute Gasteiger partial charge is 0.416 e. The summed E-state index contributed by atoms with van der Waals surface area (Å²) < 4.78 is 37.6. The summed E-state index contributed by atoms with van der Waals surface area (Å²) in [6.45, 7) is 0. The fraction of sp³-hybridized carbons (Fsp3) is 0.450. The molecule has 1 aliphatic rings. The number of benzene rings is 1. The van der Waals surface area contributed by atoms with Crippen molar-refractivity contribution in [3.8, 4) is 6.07 Å². The smallest absolute Gasteiger partial charge is 0.193 e. The maximum absolute atomic E-state index is 12.5. The van der Waals surface area contributed by atoms with Crippen molar-refractivity contribution in [2.24, 2.45) is 11.8 Å². The summed E-state index contributed by atoms with van der Waals surface area (Å²) >= 11 is 0. The van der Waals surface area contributed by atoms with Crippen molar-refractivity contribution in [3.63, 3.8) is 0 Å². The van der Waals surface area contributed by atoms with Crippen molar-refractivity contribution in [2.75, 3.05) is 0 Å². The molecule has 4 heteroatoms. The normalized spacial score (nSPS) is 22.1. The number of rotatable bonds is 5. The molecule has 2 rings (SSSR count). The van der Waals surface area contributed by atoms with Crippen molar-refractivity contribution in [1.29, 1.82) is 5.26 Å². The van der Waals surface area contributed by atoms with E-state index in [9.17, 15) is 13.2 Å². The van der Waals surface area contributed by atoms with Crippen molar-refractivity contribution < 1.29 is 13.2 Å². The molecule has 24 heavy (non-hydrogen) atoms. The van der Waals surface area contributed by atoms with E-state index in [0.717, 1.165) is 44.1 Å².